The van der Waals surface area contributed by atoms with Gasteiger partial charge in [-0.3, -0.25) is 4.79 Å². The van der Waals surface area contributed by atoms with Crippen LogP contribution in [-0.4, -0.2) is 5.78 Å². The van der Waals surface area contributed by atoms with Gasteiger partial charge < -0.3 is 0 Å². The molecule has 0 amide bonds. The molecule has 0 atom stereocenters. The Labute approximate surface area is 117 Å². The third-order valence-corrected chi connectivity index (χ3v) is 4.32. The molecule has 2 aromatic carbocycles. The lowest BCUT2D eigenvalue weighted by atomic mass is 10.0. The summed E-state index contributed by atoms with van der Waals surface area (Å²) in [5, 5.41) is 2.98. The average Bonchev–Trinajstić information content (AvgIpc) is 2.82. The molecule has 88 valence electrons. The lowest BCUT2D eigenvalue weighted by molar-refractivity contribution is 0.104. The van der Waals surface area contributed by atoms with Gasteiger partial charge in [-0.15, -0.1) is 11.3 Å². The Morgan fingerprint density at radius 1 is 1.00 bits per heavy atom. The van der Waals surface area contributed by atoms with Crippen LogP contribution < -0.4 is 0 Å². The SMILES string of the molecule is O=C(c1ccc(Br)cc1)c1csc2ccccc12. The van der Waals surface area contributed by atoms with Gasteiger partial charge in [0.1, 0.15) is 0 Å². The van der Waals surface area contributed by atoms with Crippen LogP contribution in [0.1, 0.15) is 15.9 Å². The van der Waals surface area contributed by atoms with Crippen molar-refractivity contribution in [1.82, 2.24) is 0 Å². The third kappa shape index (κ3) is 2.00. The van der Waals surface area contributed by atoms with Crippen molar-refractivity contribution in [3.8, 4) is 0 Å². The van der Waals surface area contributed by atoms with Gasteiger partial charge in [0.15, 0.2) is 5.78 Å². The summed E-state index contributed by atoms with van der Waals surface area (Å²) < 4.78 is 2.13. The highest BCUT2D eigenvalue weighted by Crippen LogP contribution is 2.27. The third-order valence-electron chi connectivity index (χ3n) is 2.83. The highest BCUT2D eigenvalue weighted by Gasteiger charge is 2.13. The average molecular weight is 317 g/mol. The zero-order valence-corrected chi connectivity index (χ0v) is 11.8. The van der Waals surface area contributed by atoms with Crippen LogP contribution in [0.4, 0.5) is 0 Å². The molecule has 0 saturated heterocycles. The van der Waals surface area contributed by atoms with E-state index in [1.165, 1.54) is 0 Å². The molecule has 0 fully saturated rings. The monoisotopic (exact) mass is 316 g/mol. The molecule has 0 bridgehead atoms. The smallest absolute Gasteiger partial charge is 0.194 e. The summed E-state index contributed by atoms with van der Waals surface area (Å²) in [5.74, 6) is 0.0833. The fraction of sp³-hybridized carbons (Fsp3) is 0. The molecule has 3 heteroatoms. The molecule has 18 heavy (non-hydrogen) atoms. The lowest BCUT2D eigenvalue weighted by Gasteiger charge is -2.00. The van der Waals surface area contributed by atoms with E-state index in [0.717, 1.165) is 25.7 Å². The molecule has 1 aromatic heterocycles. The van der Waals surface area contributed by atoms with E-state index in [2.05, 4.69) is 15.9 Å². The predicted octanol–water partition coefficient (Wildman–Crippen LogP) is 4.89. The molecule has 3 aromatic rings. The highest BCUT2D eigenvalue weighted by molar-refractivity contribution is 9.10. The Balaban J connectivity index is 2.09. The Morgan fingerprint density at radius 2 is 1.72 bits per heavy atom. The maximum absolute atomic E-state index is 12.4. The van der Waals surface area contributed by atoms with Crippen molar-refractivity contribution in [1.29, 1.82) is 0 Å². The normalized spacial score (nSPS) is 10.7. The molecule has 0 aliphatic rings. The predicted molar refractivity (Wildman–Crippen MR) is 79.4 cm³/mol. The molecular weight excluding hydrogens is 308 g/mol. The van der Waals surface area contributed by atoms with E-state index in [0.29, 0.717) is 0 Å². The maximum Gasteiger partial charge on any atom is 0.194 e. The number of benzene rings is 2. The summed E-state index contributed by atoms with van der Waals surface area (Å²) in [6.07, 6.45) is 0. The fourth-order valence-corrected chi connectivity index (χ4v) is 3.12. The van der Waals surface area contributed by atoms with Crippen molar-refractivity contribution in [2.24, 2.45) is 0 Å². The minimum atomic E-state index is 0.0833. The summed E-state index contributed by atoms with van der Waals surface area (Å²) in [5.41, 5.74) is 1.51. The topological polar surface area (TPSA) is 17.1 Å². The fourth-order valence-electron chi connectivity index (χ4n) is 1.91. The van der Waals surface area contributed by atoms with Gasteiger partial charge in [0.05, 0.1) is 0 Å². The van der Waals surface area contributed by atoms with Crippen LogP contribution in [0.2, 0.25) is 0 Å². The Hall–Kier alpha value is -1.45. The molecule has 0 N–H and O–H groups in total. The zero-order valence-electron chi connectivity index (χ0n) is 9.39. The minimum absolute atomic E-state index is 0.0833. The number of ketones is 1. The van der Waals surface area contributed by atoms with Gasteiger partial charge in [0, 0.05) is 31.1 Å². The molecule has 0 aliphatic carbocycles. The second kappa shape index (κ2) is 4.67. The largest absolute Gasteiger partial charge is 0.289 e. The first-order valence-corrected chi connectivity index (χ1v) is 7.19. The Kier molecular flexibility index (Phi) is 3.02. The van der Waals surface area contributed by atoms with Gasteiger partial charge in [-0.2, -0.15) is 0 Å². The van der Waals surface area contributed by atoms with E-state index in [-0.39, 0.29) is 5.78 Å². The first-order chi connectivity index (χ1) is 8.75. The van der Waals surface area contributed by atoms with Crippen LogP contribution >= 0.6 is 27.3 Å². The van der Waals surface area contributed by atoms with Crippen molar-refractivity contribution in [3.63, 3.8) is 0 Å². The standard InChI is InChI=1S/C15H9BrOS/c16-11-7-5-10(6-8-11)15(17)13-9-18-14-4-2-1-3-12(13)14/h1-9H. The van der Waals surface area contributed by atoms with E-state index >= 15 is 0 Å². The molecule has 0 unspecified atom stereocenters. The number of hydrogen-bond acceptors (Lipinski definition) is 2. The van der Waals surface area contributed by atoms with Crippen molar-refractivity contribution in [2.45, 2.75) is 0 Å². The van der Waals surface area contributed by atoms with E-state index in [1.54, 1.807) is 11.3 Å². The number of rotatable bonds is 2. The molecular formula is C15H9BrOS. The molecule has 0 saturated carbocycles. The first kappa shape index (κ1) is 11.6. The summed E-state index contributed by atoms with van der Waals surface area (Å²) in [4.78, 5) is 12.4. The van der Waals surface area contributed by atoms with Crippen LogP contribution in [0.15, 0.2) is 58.4 Å². The number of carbonyl (C=O) groups excluding carboxylic acids is 1. The number of carbonyl (C=O) groups is 1. The quantitative estimate of drug-likeness (QED) is 0.615. The molecule has 0 spiro atoms. The summed E-state index contributed by atoms with van der Waals surface area (Å²) in [6.45, 7) is 0. The number of thiophene rings is 1. The number of halogens is 1. The Morgan fingerprint density at radius 3 is 2.50 bits per heavy atom. The summed E-state index contributed by atoms with van der Waals surface area (Å²) in [6, 6.07) is 15.5. The molecule has 1 heterocycles. The second-order valence-electron chi connectivity index (χ2n) is 3.98. The number of hydrogen-bond donors (Lipinski definition) is 0. The van der Waals surface area contributed by atoms with E-state index in [9.17, 15) is 4.79 Å². The van der Waals surface area contributed by atoms with Gasteiger partial charge in [-0.05, 0) is 30.3 Å². The molecule has 3 rings (SSSR count). The van der Waals surface area contributed by atoms with Gasteiger partial charge in [-0.1, -0.05) is 34.1 Å². The zero-order chi connectivity index (χ0) is 12.5. The second-order valence-corrected chi connectivity index (χ2v) is 5.81. The van der Waals surface area contributed by atoms with E-state index < -0.39 is 0 Å². The maximum atomic E-state index is 12.4. The van der Waals surface area contributed by atoms with Gasteiger partial charge in [-0.25, -0.2) is 0 Å². The summed E-state index contributed by atoms with van der Waals surface area (Å²) >= 11 is 4.98. The number of fused-ring (bicyclic) bond motifs is 1. The highest BCUT2D eigenvalue weighted by atomic mass is 79.9. The molecule has 1 nitrogen and oxygen atoms in total. The minimum Gasteiger partial charge on any atom is -0.289 e. The van der Waals surface area contributed by atoms with E-state index in [1.807, 2.05) is 53.9 Å². The first-order valence-electron chi connectivity index (χ1n) is 5.52. The van der Waals surface area contributed by atoms with Crippen molar-refractivity contribution in [3.05, 3.63) is 69.5 Å². The van der Waals surface area contributed by atoms with Crippen molar-refractivity contribution >= 4 is 43.1 Å². The van der Waals surface area contributed by atoms with Crippen LogP contribution in [0.5, 0.6) is 0 Å². The van der Waals surface area contributed by atoms with E-state index in [4.69, 9.17) is 0 Å². The molecule has 0 radical (unpaired) electrons. The van der Waals surface area contributed by atoms with Gasteiger partial charge >= 0.3 is 0 Å². The van der Waals surface area contributed by atoms with Crippen LogP contribution in [0.25, 0.3) is 10.1 Å². The Bertz CT molecular complexity index is 713. The van der Waals surface area contributed by atoms with Gasteiger partial charge in [0.25, 0.3) is 0 Å². The van der Waals surface area contributed by atoms with Crippen LogP contribution in [-0.2, 0) is 0 Å². The summed E-state index contributed by atoms with van der Waals surface area (Å²) in [7, 11) is 0. The lowest BCUT2D eigenvalue weighted by Crippen LogP contribution is -1.99. The van der Waals surface area contributed by atoms with Crippen molar-refractivity contribution < 1.29 is 4.79 Å². The van der Waals surface area contributed by atoms with Crippen LogP contribution in [0.3, 0.4) is 0 Å². The van der Waals surface area contributed by atoms with Gasteiger partial charge in [0.2, 0.25) is 0 Å². The van der Waals surface area contributed by atoms with Crippen molar-refractivity contribution in [2.75, 3.05) is 0 Å². The van der Waals surface area contributed by atoms with Crippen LogP contribution in [0, 0.1) is 0 Å². The molecule has 0 aliphatic heterocycles.